The van der Waals surface area contributed by atoms with Crippen molar-refractivity contribution in [2.24, 2.45) is 0 Å². The molecule has 1 unspecified atom stereocenters. The van der Waals surface area contributed by atoms with Crippen LogP contribution in [0.15, 0.2) is 47.4 Å². The average molecular weight is 255 g/mol. The lowest BCUT2D eigenvalue weighted by atomic mass is 9.79. The van der Waals surface area contributed by atoms with Crippen molar-refractivity contribution in [3.05, 3.63) is 59.2 Å². The van der Waals surface area contributed by atoms with E-state index >= 15 is 0 Å². The highest BCUT2D eigenvalue weighted by atomic mass is 32.2. The second kappa shape index (κ2) is 4.69. The molecule has 0 aromatic heterocycles. The van der Waals surface area contributed by atoms with Crippen LogP contribution in [0.5, 0.6) is 0 Å². The molecule has 1 aliphatic rings. The van der Waals surface area contributed by atoms with Gasteiger partial charge in [0.25, 0.3) is 0 Å². The summed E-state index contributed by atoms with van der Waals surface area (Å²) in [6, 6.07) is 15.0. The minimum absolute atomic E-state index is 0.700. The molecule has 0 saturated heterocycles. The maximum Gasteiger partial charge on any atom is 0.0481 e. The second-order valence-electron chi connectivity index (χ2n) is 4.90. The van der Waals surface area contributed by atoms with Gasteiger partial charge in [-0.05, 0) is 42.0 Å². The third-order valence-electron chi connectivity index (χ3n) is 3.69. The molecule has 0 amide bonds. The fourth-order valence-corrected chi connectivity index (χ4v) is 3.65. The van der Waals surface area contributed by atoms with Gasteiger partial charge in [-0.2, -0.15) is 0 Å². The van der Waals surface area contributed by atoms with Crippen molar-refractivity contribution in [3.63, 3.8) is 0 Å². The lowest BCUT2D eigenvalue weighted by Crippen LogP contribution is -2.18. The first-order valence-corrected chi connectivity index (χ1v) is 7.30. The summed E-state index contributed by atoms with van der Waals surface area (Å²) < 4.78 is 0. The molecule has 1 atom stereocenters. The Labute approximate surface area is 112 Å². The van der Waals surface area contributed by atoms with Crippen LogP contribution in [-0.4, -0.2) is 5.75 Å². The summed E-state index contributed by atoms with van der Waals surface area (Å²) in [6.07, 6.45) is 1.22. The van der Waals surface area contributed by atoms with Crippen LogP contribution in [0, 0.1) is 6.92 Å². The van der Waals surface area contributed by atoms with E-state index in [9.17, 15) is 0 Å². The average Bonchev–Trinajstić information content (AvgIpc) is 2.35. The normalized spacial score (nSPS) is 17.1. The molecule has 0 bridgehead atoms. The van der Waals surface area contributed by atoms with Gasteiger partial charge < -0.3 is 5.73 Å². The van der Waals surface area contributed by atoms with E-state index in [0.717, 1.165) is 11.4 Å². The number of hydrogen-bond donors (Lipinski definition) is 1. The first kappa shape index (κ1) is 11.7. The van der Waals surface area contributed by atoms with Crippen molar-refractivity contribution in [1.82, 2.24) is 0 Å². The number of para-hydroxylation sites is 1. The van der Waals surface area contributed by atoms with E-state index in [0.29, 0.717) is 5.92 Å². The van der Waals surface area contributed by atoms with E-state index < -0.39 is 0 Å². The van der Waals surface area contributed by atoms with Crippen LogP contribution in [0.25, 0.3) is 0 Å². The highest BCUT2D eigenvalue weighted by Gasteiger charge is 2.25. The topological polar surface area (TPSA) is 26.0 Å². The fourth-order valence-electron chi connectivity index (χ4n) is 2.48. The number of fused-ring (bicyclic) bond motifs is 1. The molecule has 1 aliphatic carbocycles. The van der Waals surface area contributed by atoms with Crippen molar-refractivity contribution < 1.29 is 0 Å². The number of hydrogen-bond acceptors (Lipinski definition) is 2. The third-order valence-corrected chi connectivity index (χ3v) is 4.92. The van der Waals surface area contributed by atoms with E-state index in [1.54, 1.807) is 0 Å². The molecule has 3 rings (SSSR count). The Morgan fingerprint density at radius 3 is 2.83 bits per heavy atom. The van der Waals surface area contributed by atoms with Crippen molar-refractivity contribution >= 4 is 17.4 Å². The van der Waals surface area contributed by atoms with Crippen LogP contribution < -0.4 is 5.73 Å². The van der Waals surface area contributed by atoms with Gasteiger partial charge in [0, 0.05) is 16.3 Å². The van der Waals surface area contributed by atoms with Gasteiger partial charge in [0.15, 0.2) is 0 Å². The molecule has 0 radical (unpaired) electrons. The van der Waals surface area contributed by atoms with Gasteiger partial charge >= 0.3 is 0 Å². The van der Waals surface area contributed by atoms with Gasteiger partial charge in [0.2, 0.25) is 0 Å². The molecule has 2 aromatic carbocycles. The minimum atomic E-state index is 0.700. The van der Waals surface area contributed by atoms with Crippen LogP contribution in [0.1, 0.15) is 22.6 Å². The highest BCUT2D eigenvalue weighted by Crippen LogP contribution is 2.39. The monoisotopic (exact) mass is 255 g/mol. The number of rotatable bonds is 3. The Hall–Kier alpha value is -1.41. The van der Waals surface area contributed by atoms with Gasteiger partial charge in [0.05, 0.1) is 0 Å². The maximum atomic E-state index is 6.10. The summed E-state index contributed by atoms with van der Waals surface area (Å²) in [5, 5.41) is 0. The Morgan fingerprint density at radius 1 is 1.17 bits per heavy atom. The quantitative estimate of drug-likeness (QED) is 0.662. The Morgan fingerprint density at radius 2 is 2.00 bits per heavy atom. The van der Waals surface area contributed by atoms with Crippen LogP contribution >= 0.6 is 11.8 Å². The number of benzene rings is 2. The summed E-state index contributed by atoms with van der Waals surface area (Å²) in [5.41, 5.74) is 11.3. The van der Waals surface area contributed by atoms with E-state index in [-0.39, 0.29) is 0 Å². The van der Waals surface area contributed by atoms with Gasteiger partial charge in [0.1, 0.15) is 0 Å². The Kier molecular flexibility index (Phi) is 3.04. The van der Waals surface area contributed by atoms with Gasteiger partial charge in [-0.3, -0.25) is 0 Å². The molecular weight excluding hydrogens is 238 g/mol. The van der Waals surface area contributed by atoms with Crippen molar-refractivity contribution in [3.8, 4) is 0 Å². The number of aryl methyl sites for hydroxylation is 1. The number of nitrogens with two attached hydrogens (primary N) is 1. The lowest BCUT2D eigenvalue weighted by Gasteiger charge is -2.29. The van der Waals surface area contributed by atoms with Gasteiger partial charge in [-0.1, -0.05) is 36.4 Å². The summed E-state index contributed by atoms with van der Waals surface area (Å²) in [6.45, 7) is 2.07. The van der Waals surface area contributed by atoms with Gasteiger partial charge in [-0.25, -0.2) is 0 Å². The molecule has 0 heterocycles. The van der Waals surface area contributed by atoms with E-state index in [2.05, 4.69) is 49.4 Å². The molecule has 18 heavy (non-hydrogen) atoms. The molecule has 0 saturated carbocycles. The van der Waals surface area contributed by atoms with Crippen LogP contribution in [-0.2, 0) is 6.42 Å². The number of nitrogen functional groups attached to an aromatic ring is 1. The molecule has 0 fully saturated rings. The van der Waals surface area contributed by atoms with Crippen molar-refractivity contribution in [2.45, 2.75) is 24.2 Å². The predicted molar refractivity (Wildman–Crippen MR) is 79.2 cm³/mol. The smallest absolute Gasteiger partial charge is 0.0481 e. The Bertz CT molecular complexity index is 577. The van der Waals surface area contributed by atoms with Crippen molar-refractivity contribution in [2.75, 3.05) is 11.5 Å². The summed E-state index contributed by atoms with van der Waals surface area (Å²) in [5.74, 6) is 1.83. The standard InChI is InChI=1S/C16H17NS/c1-11-5-4-8-15(16(11)17)18-10-13-9-12-6-2-3-7-14(12)13/h2-8,13H,9-10,17H2,1H3. The predicted octanol–water partition coefficient (Wildman–Crippen LogP) is 4.01. The molecule has 2 aromatic rings. The molecule has 2 heteroatoms. The fraction of sp³-hybridized carbons (Fsp3) is 0.250. The van der Waals surface area contributed by atoms with E-state index in [1.807, 2.05) is 11.8 Å². The second-order valence-corrected chi connectivity index (χ2v) is 5.96. The Balaban J connectivity index is 1.69. The maximum absolute atomic E-state index is 6.10. The third kappa shape index (κ3) is 2.01. The zero-order valence-corrected chi connectivity index (χ0v) is 11.3. The highest BCUT2D eigenvalue weighted by molar-refractivity contribution is 7.99. The number of anilines is 1. The van der Waals surface area contributed by atoms with Crippen LogP contribution in [0.2, 0.25) is 0 Å². The van der Waals surface area contributed by atoms with E-state index in [1.165, 1.54) is 28.0 Å². The first-order valence-electron chi connectivity index (χ1n) is 6.31. The summed E-state index contributed by atoms with van der Waals surface area (Å²) in [4.78, 5) is 1.22. The molecular formula is C16H17NS. The zero-order chi connectivity index (χ0) is 12.5. The van der Waals surface area contributed by atoms with Crippen LogP contribution in [0.4, 0.5) is 5.69 Å². The van der Waals surface area contributed by atoms with Crippen molar-refractivity contribution in [1.29, 1.82) is 0 Å². The minimum Gasteiger partial charge on any atom is -0.398 e. The molecule has 0 aliphatic heterocycles. The molecule has 2 N–H and O–H groups in total. The van der Waals surface area contributed by atoms with Gasteiger partial charge in [-0.15, -0.1) is 11.8 Å². The molecule has 1 nitrogen and oxygen atoms in total. The summed E-state index contributed by atoms with van der Waals surface area (Å²) in [7, 11) is 0. The first-order chi connectivity index (χ1) is 8.75. The van der Waals surface area contributed by atoms with E-state index in [4.69, 9.17) is 5.73 Å². The zero-order valence-electron chi connectivity index (χ0n) is 10.5. The lowest BCUT2D eigenvalue weighted by molar-refractivity contribution is 0.677. The molecule has 0 spiro atoms. The number of thioether (sulfide) groups is 1. The molecule has 92 valence electrons. The largest absolute Gasteiger partial charge is 0.398 e. The summed E-state index contributed by atoms with van der Waals surface area (Å²) >= 11 is 1.88. The van der Waals surface area contributed by atoms with Crippen LogP contribution in [0.3, 0.4) is 0 Å². The SMILES string of the molecule is Cc1cccc(SCC2Cc3ccccc32)c1N.